The van der Waals surface area contributed by atoms with Crippen LogP contribution in [0.5, 0.6) is 0 Å². The van der Waals surface area contributed by atoms with Crippen molar-refractivity contribution in [1.82, 2.24) is 0 Å². The summed E-state index contributed by atoms with van der Waals surface area (Å²) >= 11 is 1.10. The number of urea groups is 1. The molecule has 0 saturated carbocycles. The second-order valence-electron chi connectivity index (χ2n) is 6.52. The van der Waals surface area contributed by atoms with E-state index >= 15 is 0 Å². The highest BCUT2D eigenvalue weighted by atomic mass is 32.1. The number of rotatable bonds is 4. The predicted molar refractivity (Wildman–Crippen MR) is 110 cm³/mol. The number of nitrogens with one attached hydrogen (secondary N) is 2. The summed E-state index contributed by atoms with van der Waals surface area (Å²) in [4.78, 5) is 35.9. The SMILES string of the molecule is CC(=O)c1cc(NC(=O)c2cccc3c2Cc2ccccc2-3)sc1NC(N)=O. The van der Waals surface area contributed by atoms with Gasteiger partial charge in [0.15, 0.2) is 5.78 Å². The molecular weight excluding hydrogens is 374 g/mol. The Kier molecular flexibility index (Phi) is 4.44. The van der Waals surface area contributed by atoms with Gasteiger partial charge < -0.3 is 11.1 Å². The summed E-state index contributed by atoms with van der Waals surface area (Å²) in [7, 11) is 0. The molecule has 3 amide bonds. The van der Waals surface area contributed by atoms with Gasteiger partial charge in [-0.25, -0.2) is 4.79 Å². The maximum Gasteiger partial charge on any atom is 0.317 e. The van der Waals surface area contributed by atoms with Crippen LogP contribution in [-0.2, 0) is 6.42 Å². The molecule has 7 heteroatoms. The number of carbonyl (C=O) groups is 3. The van der Waals surface area contributed by atoms with Crippen LogP contribution in [0.4, 0.5) is 14.8 Å². The summed E-state index contributed by atoms with van der Waals surface area (Å²) in [5, 5.41) is 6.05. The second kappa shape index (κ2) is 6.94. The number of benzene rings is 2. The molecule has 2 aromatic carbocycles. The Labute approximate surface area is 165 Å². The Hall–Kier alpha value is -3.45. The van der Waals surface area contributed by atoms with Crippen molar-refractivity contribution in [2.75, 3.05) is 10.6 Å². The highest BCUT2D eigenvalue weighted by Gasteiger charge is 2.24. The number of amides is 3. The largest absolute Gasteiger partial charge is 0.351 e. The molecule has 1 aliphatic carbocycles. The van der Waals surface area contributed by atoms with Crippen LogP contribution >= 0.6 is 11.3 Å². The van der Waals surface area contributed by atoms with E-state index in [0.29, 0.717) is 27.5 Å². The van der Waals surface area contributed by atoms with E-state index in [9.17, 15) is 14.4 Å². The number of hydrogen-bond donors (Lipinski definition) is 3. The van der Waals surface area contributed by atoms with Gasteiger partial charge in [0.05, 0.1) is 10.6 Å². The standard InChI is InChI=1S/C21H17N3O3S/c1-11(25)16-10-18(28-20(16)24-21(22)27)23-19(26)15-8-4-7-14-13-6-3-2-5-12(13)9-17(14)15/h2-8,10H,9H2,1H3,(H,23,26)(H3,22,24,27). The van der Waals surface area contributed by atoms with Gasteiger partial charge in [-0.15, -0.1) is 0 Å². The highest BCUT2D eigenvalue weighted by molar-refractivity contribution is 7.20. The fourth-order valence-corrected chi connectivity index (χ4v) is 4.47. The molecule has 0 bridgehead atoms. The van der Waals surface area contributed by atoms with Crippen molar-refractivity contribution in [2.45, 2.75) is 13.3 Å². The fourth-order valence-electron chi connectivity index (χ4n) is 3.47. The third kappa shape index (κ3) is 3.16. The van der Waals surface area contributed by atoms with Crippen LogP contribution in [0, 0.1) is 0 Å². The Morgan fingerprint density at radius 1 is 0.964 bits per heavy atom. The Morgan fingerprint density at radius 2 is 1.71 bits per heavy atom. The quantitative estimate of drug-likeness (QED) is 0.453. The summed E-state index contributed by atoms with van der Waals surface area (Å²) in [5.74, 6) is -0.483. The van der Waals surface area contributed by atoms with E-state index in [0.717, 1.165) is 28.0 Å². The average molecular weight is 391 g/mol. The number of hydrogen-bond acceptors (Lipinski definition) is 4. The molecule has 0 aliphatic heterocycles. The molecule has 140 valence electrons. The van der Waals surface area contributed by atoms with Gasteiger partial charge in [-0.3, -0.25) is 14.9 Å². The molecule has 3 aromatic rings. The van der Waals surface area contributed by atoms with Crippen LogP contribution < -0.4 is 16.4 Å². The first-order valence-corrected chi connectivity index (χ1v) is 9.48. The molecule has 28 heavy (non-hydrogen) atoms. The zero-order valence-corrected chi connectivity index (χ0v) is 15.9. The minimum atomic E-state index is -0.763. The van der Waals surface area contributed by atoms with Gasteiger partial charge in [0.2, 0.25) is 0 Å². The van der Waals surface area contributed by atoms with Crippen LogP contribution in [0.1, 0.15) is 38.8 Å². The minimum absolute atomic E-state index is 0.225. The lowest BCUT2D eigenvalue weighted by Gasteiger charge is -2.08. The minimum Gasteiger partial charge on any atom is -0.351 e. The number of nitrogens with two attached hydrogens (primary N) is 1. The maximum atomic E-state index is 12.9. The smallest absolute Gasteiger partial charge is 0.317 e. The van der Waals surface area contributed by atoms with Crippen molar-refractivity contribution in [2.24, 2.45) is 5.73 Å². The number of anilines is 2. The molecule has 0 fully saturated rings. The van der Waals surface area contributed by atoms with Gasteiger partial charge in [-0.2, -0.15) is 0 Å². The molecule has 4 N–H and O–H groups in total. The van der Waals surface area contributed by atoms with E-state index in [1.807, 2.05) is 24.3 Å². The third-order valence-electron chi connectivity index (χ3n) is 4.68. The van der Waals surface area contributed by atoms with Crippen LogP contribution in [-0.4, -0.2) is 17.7 Å². The van der Waals surface area contributed by atoms with E-state index in [2.05, 4.69) is 22.8 Å². The Balaban J connectivity index is 1.64. The number of ketones is 1. The molecule has 0 radical (unpaired) electrons. The number of primary amides is 1. The molecule has 0 spiro atoms. The van der Waals surface area contributed by atoms with Crippen LogP contribution in [0.25, 0.3) is 11.1 Å². The molecule has 0 atom stereocenters. The fraction of sp³-hybridized carbons (Fsp3) is 0.0952. The number of Topliss-reactive ketones (excluding diaryl/α,β-unsaturated/α-hetero) is 1. The molecule has 6 nitrogen and oxygen atoms in total. The molecule has 0 saturated heterocycles. The summed E-state index contributed by atoms with van der Waals surface area (Å²) in [5.41, 5.74) is 10.5. The van der Waals surface area contributed by atoms with E-state index in [4.69, 9.17) is 5.73 Å². The number of thiophene rings is 1. The van der Waals surface area contributed by atoms with Crippen LogP contribution in [0.3, 0.4) is 0 Å². The van der Waals surface area contributed by atoms with Crippen molar-refractivity contribution in [3.8, 4) is 11.1 Å². The molecule has 1 aliphatic rings. The van der Waals surface area contributed by atoms with Crippen molar-refractivity contribution in [3.05, 3.63) is 70.8 Å². The van der Waals surface area contributed by atoms with Gasteiger partial charge in [0, 0.05) is 5.56 Å². The first kappa shape index (κ1) is 17.9. The maximum absolute atomic E-state index is 12.9. The summed E-state index contributed by atoms with van der Waals surface area (Å²) in [6.07, 6.45) is 0.701. The monoisotopic (exact) mass is 391 g/mol. The Morgan fingerprint density at radius 3 is 2.46 bits per heavy atom. The molecular formula is C21H17N3O3S. The van der Waals surface area contributed by atoms with Gasteiger partial charge in [0.25, 0.3) is 5.91 Å². The van der Waals surface area contributed by atoms with Gasteiger partial charge in [0.1, 0.15) is 5.00 Å². The predicted octanol–water partition coefficient (Wildman–Crippen LogP) is 4.26. The van der Waals surface area contributed by atoms with Crippen molar-refractivity contribution < 1.29 is 14.4 Å². The number of carbonyl (C=O) groups excluding carboxylic acids is 3. The topological polar surface area (TPSA) is 101 Å². The first-order valence-electron chi connectivity index (χ1n) is 8.67. The van der Waals surface area contributed by atoms with Crippen LogP contribution in [0.15, 0.2) is 48.5 Å². The van der Waals surface area contributed by atoms with E-state index in [-0.39, 0.29) is 11.7 Å². The lowest BCUT2D eigenvalue weighted by Crippen LogP contribution is -2.19. The van der Waals surface area contributed by atoms with Crippen molar-refractivity contribution >= 4 is 39.1 Å². The van der Waals surface area contributed by atoms with Crippen LogP contribution in [0.2, 0.25) is 0 Å². The lowest BCUT2D eigenvalue weighted by molar-refractivity contribution is 0.101. The molecule has 1 aromatic heterocycles. The average Bonchev–Trinajstić information content (AvgIpc) is 3.22. The zero-order valence-electron chi connectivity index (χ0n) is 15.0. The highest BCUT2D eigenvalue weighted by Crippen LogP contribution is 2.39. The summed E-state index contributed by atoms with van der Waals surface area (Å²) in [6.45, 7) is 1.39. The molecule has 0 unspecified atom stereocenters. The summed E-state index contributed by atoms with van der Waals surface area (Å²) in [6, 6.07) is 14.6. The second-order valence-corrected chi connectivity index (χ2v) is 7.57. The van der Waals surface area contributed by atoms with Gasteiger partial charge in [-0.1, -0.05) is 47.7 Å². The normalized spacial score (nSPS) is 11.5. The number of fused-ring (bicyclic) bond motifs is 3. The Bertz CT molecular complexity index is 1130. The van der Waals surface area contributed by atoms with Gasteiger partial charge >= 0.3 is 6.03 Å². The third-order valence-corrected chi connectivity index (χ3v) is 5.65. The lowest BCUT2D eigenvalue weighted by atomic mass is 10.0. The summed E-state index contributed by atoms with van der Waals surface area (Å²) < 4.78 is 0. The zero-order chi connectivity index (χ0) is 19.8. The van der Waals surface area contributed by atoms with Gasteiger partial charge in [-0.05, 0) is 47.7 Å². The first-order chi connectivity index (χ1) is 13.4. The van der Waals surface area contributed by atoms with Crippen molar-refractivity contribution in [3.63, 3.8) is 0 Å². The molecule has 4 rings (SSSR count). The molecule has 1 heterocycles. The van der Waals surface area contributed by atoms with Crippen molar-refractivity contribution in [1.29, 1.82) is 0 Å². The van der Waals surface area contributed by atoms with E-state index in [1.165, 1.54) is 12.5 Å². The van der Waals surface area contributed by atoms with E-state index < -0.39 is 6.03 Å². The van der Waals surface area contributed by atoms with E-state index in [1.54, 1.807) is 12.1 Å².